The zero-order valence-electron chi connectivity index (χ0n) is 18.3. The first-order valence-electron chi connectivity index (χ1n) is 10.6. The van der Waals surface area contributed by atoms with Crippen molar-refractivity contribution in [2.75, 3.05) is 15.9 Å². The quantitative estimate of drug-likeness (QED) is 0.372. The smallest absolute Gasteiger partial charge is 0.229 e. The molecule has 2 aromatic carbocycles. The minimum Gasteiger partial charge on any atom is -0.459 e. The lowest BCUT2D eigenvalue weighted by molar-refractivity contribution is 0.439. The van der Waals surface area contributed by atoms with Crippen molar-refractivity contribution in [3.05, 3.63) is 103 Å². The fourth-order valence-electron chi connectivity index (χ4n) is 4.10. The summed E-state index contributed by atoms with van der Waals surface area (Å²) in [4.78, 5) is 6.53. The predicted octanol–water partition coefficient (Wildman–Crippen LogP) is 4.89. The second-order valence-electron chi connectivity index (χ2n) is 7.99. The fraction of sp³-hybridized carbons (Fsp3) is 0.120. The van der Waals surface area contributed by atoms with Gasteiger partial charge in [0, 0.05) is 23.1 Å². The third kappa shape index (κ3) is 4.52. The average Bonchev–Trinajstić information content (AvgIpc) is 3.44. The van der Waals surface area contributed by atoms with E-state index in [4.69, 9.17) is 16.6 Å². The molecule has 0 radical (unpaired) electrons. The zero-order valence-corrected chi connectivity index (χ0v) is 19.9. The van der Waals surface area contributed by atoms with Crippen molar-refractivity contribution in [2.45, 2.75) is 12.1 Å². The average molecular weight is 491 g/mol. The van der Waals surface area contributed by atoms with Gasteiger partial charge in [0.15, 0.2) is 5.11 Å². The molecule has 2 atom stereocenters. The van der Waals surface area contributed by atoms with E-state index in [0.29, 0.717) is 10.8 Å². The highest BCUT2D eigenvalue weighted by Crippen LogP contribution is 2.43. The molecule has 2 aromatic heterocycles. The number of rotatable bonds is 6. The molecule has 5 rings (SSSR count). The van der Waals surface area contributed by atoms with E-state index in [0.717, 1.165) is 34.7 Å². The summed E-state index contributed by atoms with van der Waals surface area (Å²) in [7, 11) is -3.37. The van der Waals surface area contributed by atoms with Crippen LogP contribution < -0.4 is 14.9 Å². The third-order valence-electron chi connectivity index (χ3n) is 5.52. The highest BCUT2D eigenvalue weighted by Gasteiger charge is 2.42. The van der Waals surface area contributed by atoms with Crippen molar-refractivity contribution in [1.82, 2.24) is 10.3 Å². The van der Waals surface area contributed by atoms with Crippen molar-refractivity contribution < 1.29 is 12.8 Å². The van der Waals surface area contributed by atoms with E-state index < -0.39 is 10.0 Å². The van der Waals surface area contributed by atoms with Gasteiger partial charge in [0.1, 0.15) is 17.6 Å². The highest BCUT2D eigenvalue weighted by molar-refractivity contribution is 7.92. The van der Waals surface area contributed by atoms with Gasteiger partial charge in [-0.05, 0) is 60.7 Å². The van der Waals surface area contributed by atoms with E-state index in [2.05, 4.69) is 15.0 Å². The Kier molecular flexibility index (Phi) is 5.80. The molecule has 1 aliphatic rings. The molecule has 0 spiro atoms. The van der Waals surface area contributed by atoms with Gasteiger partial charge in [-0.3, -0.25) is 9.71 Å². The van der Waals surface area contributed by atoms with Crippen LogP contribution in [0.1, 0.15) is 23.5 Å². The van der Waals surface area contributed by atoms with Crippen LogP contribution in [0.3, 0.4) is 0 Å². The molecule has 9 heteroatoms. The topological polar surface area (TPSA) is 87.5 Å². The van der Waals surface area contributed by atoms with Crippen LogP contribution in [-0.2, 0) is 10.0 Å². The maximum absolute atomic E-state index is 11.6. The van der Waals surface area contributed by atoms with Crippen molar-refractivity contribution >= 4 is 38.7 Å². The van der Waals surface area contributed by atoms with Crippen LogP contribution in [0, 0.1) is 0 Å². The van der Waals surface area contributed by atoms with E-state index in [1.807, 2.05) is 77.7 Å². The molecule has 1 aliphatic heterocycles. The maximum Gasteiger partial charge on any atom is 0.229 e. The van der Waals surface area contributed by atoms with Crippen LogP contribution in [-0.4, -0.2) is 24.8 Å². The van der Waals surface area contributed by atoms with Crippen LogP contribution in [0.4, 0.5) is 11.4 Å². The Morgan fingerprint density at radius 3 is 2.38 bits per heavy atom. The van der Waals surface area contributed by atoms with E-state index >= 15 is 0 Å². The first kappa shape index (κ1) is 22.1. The summed E-state index contributed by atoms with van der Waals surface area (Å²) < 4.78 is 32.0. The molecule has 0 saturated carbocycles. The summed E-state index contributed by atoms with van der Waals surface area (Å²) in [5.41, 5.74) is 3.11. The van der Waals surface area contributed by atoms with Gasteiger partial charge in [-0.1, -0.05) is 36.4 Å². The summed E-state index contributed by atoms with van der Waals surface area (Å²) in [6, 6.07) is 26.1. The Morgan fingerprint density at radius 1 is 0.971 bits per heavy atom. The normalized spacial score (nSPS) is 18.0. The molecule has 0 bridgehead atoms. The van der Waals surface area contributed by atoms with Crippen LogP contribution >= 0.6 is 12.2 Å². The van der Waals surface area contributed by atoms with Gasteiger partial charge in [-0.2, -0.15) is 0 Å². The molecule has 172 valence electrons. The Morgan fingerprint density at radius 2 is 1.71 bits per heavy atom. The van der Waals surface area contributed by atoms with Gasteiger partial charge in [-0.15, -0.1) is 0 Å². The largest absolute Gasteiger partial charge is 0.459 e. The number of pyridine rings is 1. The van der Waals surface area contributed by atoms with Gasteiger partial charge in [-0.25, -0.2) is 8.42 Å². The van der Waals surface area contributed by atoms with E-state index in [1.54, 1.807) is 18.3 Å². The number of hydrogen-bond acceptors (Lipinski definition) is 5. The molecular weight excluding hydrogens is 468 g/mol. The van der Waals surface area contributed by atoms with Gasteiger partial charge in [0.25, 0.3) is 0 Å². The van der Waals surface area contributed by atoms with E-state index in [9.17, 15) is 8.42 Å². The number of nitrogens with zero attached hydrogens (tertiary/aromatic N) is 2. The fourth-order valence-corrected chi connectivity index (χ4v) is 5.01. The van der Waals surface area contributed by atoms with Crippen molar-refractivity contribution in [1.29, 1.82) is 0 Å². The minimum absolute atomic E-state index is 0.239. The Balaban J connectivity index is 1.55. The molecule has 34 heavy (non-hydrogen) atoms. The number of nitrogens with one attached hydrogen (secondary N) is 2. The van der Waals surface area contributed by atoms with Gasteiger partial charge in [0.2, 0.25) is 10.0 Å². The molecule has 1 saturated heterocycles. The summed E-state index contributed by atoms with van der Waals surface area (Å²) in [6.07, 6.45) is 2.87. The van der Waals surface area contributed by atoms with Crippen LogP contribution in [0.15, 0.2) is 95.5 Å². The number of sulfonamides is 1. The van der Waals surface area contributed by atoms with E-state index in [1.165, 1.54) is 0 Å². The van der Waals surface area contributed by atoms with E-state index in [-0.39, 0.29) is 12.1 Å². The molecule has 2 N–H and O–H groups in total. The molecule has 3 heterocycles. The number of aromatic nitrogens is 1. The predicted molar refractivity (Wildman–Crippen MR) is 137 cm³/mol. The number of thiocarbonyl (C=S) groups is 1. The summed E-state index contributed by atoms with van der Waals surface area (Å²) in [5.74, 6) is 1.50. The van der Waals surface area contributed by atoms with Crippen LogP contribution in [0.25, 0.3) is 11.3 Å². The van der Waals surface area contributed by atoms with Crippen molar-refractivity contribution in [3.8, 4) is 11.3 Å². The van der Waals surface area contributed by atoms with Crippen molar-refractivity contribution in [2.24, 2.45) is 0 Å². The van der Waals surface area contributed by atoms with Crippen LogP contribution in [0.5, 0.6) is 0 Å². The second kappa shape index (κ2) is 8.92. The molecule has 7 nitrogen and oxygen atoms in total. The molecule has 0 amide bonds. The standard InChI is InChI=1S/C25H22N4O3S2/c1-34(30,31)28-18-10-12-19(13-11-18)29-24(23(27-25(29)33)20-9-5-6-16-26-20)22-15-14-21(32-22)17-7-3-2-4-8-17/h2-16,23-24,28H,1H3,(H,27,33). The SMILES string of the molecule is CS(=O)(=O)Nc1ccc(N2C(=S)NC(c3ccccn3)C2c2ccc(-c3ccccc3)o2)cc1. The third-order valence-corrected chi connectivity index (χ3v) is 6.44. The summed E-state index contributed by atoms with van der Waals surface area (Å²) in [5, 5.41) is 3.92. The number of furan rings is 1. The van der Waals surface area contributed by atoms with Gasteiger partial charge >= 0.3 is 0 Å². The maximum atomic E-state index is 11.6. The Hall–Kier alpha value is -3.69. The number of hydrogen-bond donors (Lipinski definition) is 2. The molecule has 4 aromatic rings. The lowest BCUT2D eigenvalue weighted by atomic mass is 10.0. The molecule has 0 aliphatic carbocycles. The molecular formula is C25H22N4O3S2. The zero-order chi connectivity index (χ0) is 23.7. The highest BCUT2D eigenvalue weighted by atomic mass is 32.2. The lowest BCUT2D eigenvalue weighted by Crippen LogP contribution is -2.29. The van der Waals surface area contributed by atoms with Crippen molar-refractivity contribution in [3.63, 3.8) is 0 Å². The lowest BCUT2D eigenvalue weighted by Gasteiger charge is -2.26. The minimum atomic E-state index is -3.37. The van der Waals surface area contributed by atoms with Gasteiger partial charge in [0.05, 0.1) is 18.0 Å². The van der Waals surface area contributed by atoms with Gasteiger partial charge < -0.3 is 14.6 Å². The molecule has 2 unspecified atom stereocenters. The number of benzene rings is 2. The Labute approximate surface area is 203 Å². The second-order valence-corrected chi connectivity index (χ2v) is 10.1. The monoisotopic (exact) mass is 490 g/mol. The first-order chi connectivity index (χ1) is 16.4. The molecule has 1 fully saturated rings. The first-order valence-corrected chi connectivity index (χ1v) is 12.9. The summed E-state index contributed by atoms with van der Waals surface area (Å²) >= 11 is 5.73. The summed E-state index contributed by atoms with van der Waals surface area (Å²) in [6.45, 7) is 0. The number of anilines is 2. The Bertz CT molecular complexity index is 1410. The van der Waals surface area contributed by atoms with Crippen LogP contribution in [0.2, 0.25) is 0 Å².